The lowest BCUT2D eigenvalue weighted by Crippen LogP contribution is -2.16. The molecule has 0 radical (unpaired) electrons. The van der Waals surface area contributed by atoms with Gasteiger partial charge >= 0.3 is 0 Å². The average Bonchev–Trinajstić information content (AvgIpc) is 0.834. The number of hydrogen-bond acceptors (Lipinski definition) is 17. The number of benzene rings is 12. The Morgan fingerprint density at radius 3 is 0.781 bits per heavy atom. The monoisotopic (exact) mass is 1770 g/mol. The van der Waals surface area contributed by atoms with E-state index >= 15 is 0 Å². The minimum atomic E-state index is -0.341. The number of anilines is 8. The van der Waals surface area contributed by atoms with E-state index in [0.29, 0.717) is 102 Å². The van der Waals surface area contributed by atoms with Crippen LogP contribution in [0.1, 0.15) is 67.3 Å². The predicted octanol–water partition coefficient (Wildman–Crippen LogP) is 21.6. The number of nitrogens with two attached hydrogens (primary N) is 4. The van der Waals surface area contributed by atoms with Crippen LogP contribution >= 0.6 is 27.5 Å². The van der Waals surface area contributed by atoms with Crippen molar-refractivity contribution >= 4 is 146 Å². The number of phenolic OH excluding ortho intramolecular Hbond substituents is 1. The van der Waals surface area contributed by atoms with Crippen molar-refractivity contribution in [1.82, 2.24) is 39.9 Å². The summed E-state index contributed by atoms with van der Waals surface area (Å²) in [6.07, 6.45) is 22.3. The minimum Gasteiger partial charge on any atom is -0.508 e. The third-order valence-corrected chi connectivity index (χ3v) is 19.9. The Balaban J connectivity index is 0.000000146. The number of aromatic nitrogens is 8. The molecule has 21 nitrogen and oxygen atoms in total. The Kier molecular flexibility index (Phi) is 31.4. The molecule has 24 heteroatoms. The van der Waals surface area contributed by atoms with Crippen molar-refractivity contribution in [2.24, 2.45) is 0 Å². The summed E-state index contributed by atoms with van der Waals surface area (Å²) in [7, 11) is 0. The lowest BCUT2D eigenvalue weighted by atomic mass is 10.1. The summed E-state index contributed by atoms with van der Waals surface area (Å²) >= 11 is 9.33. The Morgan fingerprint density at radius 2 is 0.531 bits per heavy atom. The number of carbonyl (C=O) groups is 4. The summed E-state index contributed by atoms with van der Waals surface area (Å²) in [5, 5.41) is 21.5. The van der Waals surface area contributed by atoms with Crippen molar-refractivity contribution in [1.29, 1.82) is 0 Å². The maximum Gasteiger partial charge on any atom is 0.230 e. The molecule has 0 aliphatic carbocycles. The van der Waals surface area contributed by atoms with Gasteiger partial charge in [-0.2, -0.15) is 0 Å². The molecule has 0 spiro atoms. The van der Waals surface area contributed by atoms with Gasteiger partial charge < -0.3 is 49.3 Å². The predicted molar refractivity (Wildman–Crippen MR) is 518 cm³/mol. The number of halogens is 3. The van der Waals surface area contributed by atoms with Crippen LogP contribution in [0.15, 0.2) is 345 Å². The molecule has 16 aromatic rings. The molecule has 0 atom stereocenters. The molecule has 0 unspecified atom stereocenters. The van der Waals surface area contributed by atoms with E-state index in [1.807, 2.05) is 291 Å². The van der Waals surface area contributed by atoms with Gasteiger partial charge in [-0.15, -0.1) is 0 Å². The molecule has 632 valence electrons. The number of nitrogen functional groups attached to an aromatic ring is 4. The summed E-state index contributed by atoms with van der Waals surface area (Å²) in [4.78, 5) is 87.3. The Bertz CT molecular complexity index is 5750. The van der Waals surface area contributed by atoms with Crippen LogP contribution in [0.4, 0.5) is 50.4 Å². The average molecular weight is 1770 g/mol. The maximum atomic E-state index is 13.1. The highest BCUT2D eigenvalue weighted by Crippen LogP contribution is 2.29. The topological polar surface area (TPSA) is 344 Å². The number of nitrogens with zero attached hydrogens (tertiary/aromatic N) is 8. The quantitative estimate of drug-likeness (QED) is 0.0254. The van der Waals surface area contributed by atoms with Crippen LogP contribution in [0, 0.1) is 5.82 Å². The van der Waals surface area contributed by atoms with Crippen LogP contribution in [0.25, 0.3) is 93.6 Å². The first-order chi connectivity index (χ1) is 62.3. The van der Waals surface area contributed by atoms with Gasteiger partial charge in [0.15, 0.2) is 23.3 Å². The smallest absolute Gasteiger partial charge is 0.230 e. The molecule has 16 rings (SSSR count). The molecule has 13 N–H and O–H groups in total. The number of phenols is 1. The van der Waals surface area contributed by atoms with Gasteiger partial charge in [-0.3, -0.25) is 19.2 Å². The molecule has 0 saturated carbocycles. The molecule has 4 aromatic heterocycles. The van der Waals surface area contributed by atoms with Crippen molar-refractivity contribution < 1.29 is 28.7 Å². The summed E-state index contributed by atoms with van der Waals surface area (Å²) in [6, 6.07) is 96.2. The largest absolute Gasteiger partial charge is 0.508 e. The lowest BCUT2D eigenvalue weighted by molar-refractivity contribution is -0.116. The Hall–Kier alpha value is -16.5. The summed E-state index contributed by atoms with van der Waals surface area (Å²) in [5.41, 5.74) is 41.6. The Morgan fingerprint density at radius 1 is 0.305 bits per heavy atom. The molecule has 0 aliphatic heterocycles. The summed E-state index contributed by atoms with van der Waals surface area (Å²) in [5.74, 6) is 0.531. The summed E-state index contributed by atoms with van der Waals surface area (Å²) < 4.78 is 14.1. The van der Waals surface area contributed by atoms with E-state index in [1.54, 1.807) is 85.5 Å². The molecule has 128 heavy (non-hydrogen) atoms. The normalized spacial score (nSPS) is 10.9. The maximum absolute atomic E-state index is 13.1. The van der Waals surface area contributed by atoms with Crippen LogP contribution < -0.4 is 44.2 Å². The number of hydrogen-bond donors (Lipinski definition) is 9. The zero-order chi connectivity index (χ0) is 89.4. The first-order valence-electron chi connectivity index (χ1n) is 40.3. The van der Waals surface area contributed by atoms with Crippen molar-refractivity contribution in [2.45, 2.75) is 25.7 Å². The molecule has 4 heterocycles. The van der Waals surface area contributed by atoms with Crippen molar-refractivity contribution in [3.8, 4) is 50.8 Å². The third-order valence-electron chi connectivity index (χ3n) is 19.1. The molecule has 0 saturated heterocycles. The minimum absolute atomic E-state index is 0.101. The highest BCUT2D eigenvalue weighted by molar-refractivity contribution is 9.10. The molecule has 4 amide bonds. The van der Waals surface area contributed by atoms with Crippen molar-refractivity contribution in [2.75, 3.05) is 44.2 Å². The van der Waals surface area contributed by atoms with E-state index in [9.17, 15) is 28.7 Å². The highest BCUT2D eigenvalue weighted by Gasteiger charge is 2.18. The van der Waals surface area contributed by atoms with Gasteiger partial charge in [0.25, 0.3) is 0 Å². The fourth-order valence-electron chi connectivity index (χ4n) is 12.5. The SMILES string of the molecule is Nc1ccc(-c2cnc(NC(=O)Cc3ccc(Br)cc3)c(/C=C/c3ccccc3)n2)cc1.Nc1ccc(-c2cnc(NC(=O)Cc3ccc(Cl)cc3)c(/C=C/c3ccccc3)n2)cc1.Nc1ccc(-c2cnc(NC(=O)Cc3ccc(F)cc3)c(/C=C/c3ccccc3)n2)cc1.Nc1ccc(-c2cnc(NC(=O)Cc3ccc(O)cc3)c(/C=C/c3ccccc3)n2)cc1. The van der Waals surface area contributed by atoms with Gasteiger partial charge in [0.1, 0.15) is 34.3 Å². The van der Waals surface area contributed by atoms with E-state index in [0.717, 1.165) is 65.7 Å². The van der Waals surface area contributed by atoms with Crippen molar-refractivity contribution in [3.63, 3.8) is 0 Å². The Labute approximate surface area is 752 Å². The number of carbonyl (C=O) groups excluding carboxylic acids is 4. The van der Waals surface area contributed by atoms with Gasteiger partial charge in [0.2, 0.25) is 23.6 Å². The second-order valence-corrected chi connectivity index (χ2v) is 30.2. The van der Waals surface area contributed by atoms with Crippen LogP contribution in [0.5, 0.6) is 5.75 Å². The van der Waals surface area contributed by atoms with Crippen LogP contribution in [-0.2, 0) is 44.9 Å². The van der Waals surface area contributed by atoms with E-state index in [4.69, 9.17) is 54.5 Å². The first-order valence-corrected chi connectivity index (χ1v) is 41.5. The van der Waals surface area contributed by atoms with Gasteiger partial charge in [-0.05, 0) is 166 Å². The zero-order valence-electron chi connectivity index (χ0n) is 68.9. The fourth-order valence-corrected chi connectivity index (χ4v) is 12.9. The van der Waals surface area contributed by atoms with Gasteiger partial charge in [-0.25, -0.2) is 44.3 Å². The lowest BCUT2D eigenvalue weighted by Gasteiger charge is -2.10. The molecule has 0 aliphatic rings. The zero-order valence-corrected chi connectivity index (χ0v) is 71.2. The van der Waals surface area contributed by atoms with Crippen molar-refractivity contribution in [3.05, 3.63) is 423 Å². The molecule has 0 fully saturated rings. The number of amides is 4. The molecule has 12 aromatic carbocycles. The van der Waals surface area contributed by atoms with Gasteiger partial charge in [0, 0.05) is 54.5 Å². The number of nitrogens with one attached hydrogen (secondary N) is 4. The standard InChI is InChI=1S/C26H21BrN4O.C26H21ClN4O.C26H21FN4O.C26H22N4O2/c3*27-21-11-6-19(7-12-21)16-25(32)31-26-23(15-8-18-4-2-1-3-5-18)30-24(17-29-26)20-9-13-22(28)14-10-20;27-21-11-9-20(10-12-21)24-17-28-26(23(29-24)15-8-18-4-2-1-3-5-18)30-25(32)16-19-6-13-22(31)14-7-19/h3*1-15,17H,16,28H2,(H,29,31,32);1-15,17,31H,16,27H2,(H,28,30,32)/b4*15-8+. The highest BCUT2D eigenvalue weighted by atomic mass is 79.9. The fraction of sp³-hybridized carbons (Fsp3) is 0.0385. The second kappa shape index (κ2) is 45.0. The summed E-state index contributed by atoms with van der Waals surface area (Å²) in [6.45, 7) is 0. The number of rotatable bonds is 24. The van der Waals surface area contributed by atoms with E-state index in [2.05, 4.69) is 57.1 Å². The van der Waals surface area contributed by atoms with Gasteiger partial charge in [0.05, 0.1) is 73.2 Å². The van der Waals surface area contributed by atoms with E-state index < -0.39 is 0 Å². The van der Waals surface area contributed by atoms with Crippen LogP contribution in [-0.4, -0.2) is 68.6 Å². The van der Waals surface area contributed by atoms with Crippen LogP contribution in [0.3, 0.4) is 0 Å². The van der Waals surface area contributed by atoms with Crippen LogP contribution in [0.2, 0.25) is 5.02 Å². The first kappa shape index (κ1) is 89.3. The second-order valence-electron chi connectivity index (χ2n) is 28.9. The molecular weight excluding hydrogens is 1690 g/mol. The van der Waals surface area contributed by atoms with E-state index in [1.165, 1.54) is 12.1 Å². The third kappa shape index (κ3) is 27.8. The molecular formula is C104H85BrClFN16O5. The number of aromatic hydroxyl groups is 1. The molecule has 0 bridgehead atoms. The van der Waals surface area contributed by atoms with Gasteiger partial charge in [-0.1, -0.05) is 270 Å². The van der Waals surface area contributed by atoms with E-state index in [-0.39, 0.29) is 60.9 Å².